The smallest absolute Gasteiger partial charge is 0.159 e. The van der Waals surface area contributed by atoms with Gasteiger partial charge in [-0.15, -0.1) is 0 Å². The number of nitrogens with zero attached hydrogens (tertiary/aromatic N) is 1. The third kappa shape index (κ3) is 6.10. The van der Waals surface area contributed by atoms with E-state index in [9.17, 15) is 0 Å². The molecule has 3 unspecified atom stereocenters. The third-order valence-corrected chi connectivity index (χ3v) is 8.87. The van der Waals surface area contributed by atoms with Crippen LogP contribution in [0.15, 0.2) is 103 Å². The van der Waals surface area contributed by atoms with Gasteiger partial charge in [0, 0.05) is 44.8 Å². The van der Waals surface area contributed by atoms with Crippen LogP contribution in [-0.4, -0.2) is 33.6 Å². The van der Waals surface area contributed by atoms with E-state index >= 15 is 0 Å². The van der Waals surface area contributed by atoms with Crippen molar-refractivity contribution in [2.45, 2.75) is 50.8 Å². The number of benzene rings is 4. The Kier molecular flexibility index (Phi) is 8.90. The van der Waals surface area contributed by atoms with E-state index in [4.69, 9.17) is 18.9 Å². The Hall–Kier alpha value is -3.64. The fourth-order valence-electron chi connectivity index (χ4n) is 6.63. The summed E-state index contributed by atoms with van der Waals surface area (Å²) in [5.74, 6) is 1.38. The minimum atomic E-state index is -0.123. The van der Waals surface area contributed by atoms with Crippen molar-refractivity contribution < 1.29 is 18.9 Å². The van der Waals surface area contributed by atoms with Crippen LogP contribution in [-0.2, 0) is 20.8 Å². The molecule has 2 aliphatic rings. The molecule has 0 N–H and O–H groups in total. The summed E-state index contributed by atoms with van der Waals surface area (Å²) in [6, 6.07) is 36.6. The van der Waals surface area contributed by atoms with Gasteiger partial charge < -0.3 is 23.8 Å². The zero-order chi connectivity index (χ0) is 28.9. The van der Waals surface area contributed by atoms with Gasteiger partial charge in [0.2, 0.25) is 0 Å². The average molecular weight is 564 g/mol. The highest BCUT2D eigenvalue weighted by Gasteiger charge is 2.36. The van der Waals surface area contributed by atoms with E-state index in [1.54, 1.807) is 14.2 Å². The molecule has 1 fully saturated rings. The maximum atomic E-state index is 6.80. The molecule has 5 nitrogen and oxygen atoms in total. The van der Waals surface area contributed by atoms with Crippen LogP contribution < -0.4 is 9.64 Å². The summed E-state index contributed by atoms with van der Waals surface area (Å²) in [5.41, 5.74) is 7.36. The molecule has 0 spiro atoms. The van der Waals surface area contributed by atoms with Crippen LogP contribution in [0.1, 0.15) is 65.7 Å². The molecule has 0 radical (unpaired) electrons. The lowest BCUT2D eigenvalue weighted by atomic mass is 9.78. The van der Waals surface area contributed by atoms with Gasteiger partial charge in [0.15, 0.2) is 6.29 Å². The normalized spacial score (nSPS) is 20.9. The fourth-order valence-corrected chi connectivity index (χ4v) is 6.63. The molecular weight excluding hydrogens is 522 g/mol. The summed E-state index contributed by atoms with van der Waals surface area (Å²) < 4.78 is 24.0. The predicted octanol–water partition coefficient (Wildman–Crippen LogP) is 8.07. The lowest BCUT2D eigenvalue weighted by Crippen LogP contribution is -2.39. The van der Waals surface area contributed by atoms with Crippen molar-refractivity contribution in [1.29, 1.82) is 0 Å². The maximum absolute atomic E-state index is 6.80. The molecule has 5 heteroatoms. The van der Waals surface area contributed by atoms with Crippen LogP contribution in [0.2, 0.25) is 0 Å². The number of piperidine rings is 1. The van der Waals surface area contributed by atoms with Gasteiger partial charge >= 0.3 is 0 Å². The zero-order valence-corrected chi connectivity index (χ0v) is 24.8. The molecule has 2 aliphatic heterocycles. The lowest BCUT2D eigenvalue weighted by Gasteiger charge is -2.39. The first-order valence-corrected chi connectivity index (χ1v) is 15.1. The van der Waals surface area contributed by atoms with Crippen LogP contribution in [0.25, 0.3) is 0 Å². The summed E-state index contributed by atoms with van der Waals surface area (Å²) in [7, 11) is 3.46. The SMILES string of the molecule is COC(OC)C1CCN(c2ccc(C3c4ccc(OCc5ccccc5)cc4C(C)OC3c3ccccc3)cc2)CC1. The van der Waals surface area contributed by atoms with E-state index in [1.165, 1.54) is 27.9 Å². The van der Waals surface area contributed by atoms with Crippen LogP contribution in [0.5, 0.6) is 5.75 Å². The minimum Gasteiger partial charge on any atom is -0.489 e. The van der Waals surface area contributed by atoms with E-state index in [0.717, 1.165) is 37.2 Å². The van der Waals surface area contributed by atoms with Gasteiger partial charge in [0.1, 0.15) is 12.4 Å². The summed E-state index contributed by atoms with van der Waals surface area (Å²) in [6.07, 6.45) is 1.86. The van der Waals surface area contributed by atoms with E-state index < -0.39 is 0 Å². The Morgan fingerprint density at radius 2 is 1.43 bits per heavy atom. The van der Waals surface area contributed by atoms with Crippen LogP contribution in [0.3, 0.4) is 0 Å². The van der Waals surface area contributed by atoms with E-state index in [2.05, 4.69) is 96.8 Å². The van der Waals surface area contributed by atoms with Crippen molar-refractivity contribution in [3.8, 4) is 5.75 Å². The molecule has 218 valence electrons. The van der Waals surface area contributed by atoms with Crippen molar-refractivity contribution in [2.24, 2.45) is 5.92 Å². The predicted molar refractivity (Wildman–Crippen MR) is 167 cm³/mol. The maximum Gasteiger partial charge on any atom is 0.159 e. The summed E-state index contributed by atoms with van der Waals surface area (Å²) in [6.45, 7) is 4.69. The molecule has 3 atom stereocenters. The number of methoxy groups -OCH3 is 2. The summed E-state index contributed by atoms with van der Waals surface area (Å²) in [4.78, 5) is 2.47. The van der Waals surface area contributed by atoms with E-state index in [-0.39, 0.29) is 24.4 Å². The van der Waals surface area contributed by atoms with E-state index in [0.29, 0.717) is 12.5 Å². The highest BCUT2D eigenvalue weighted by molar-refractivity contribution is 5.52. The van der Waals surface area contributed by atoms with Crippen molar-refractivity contribution in [2.75, 3.05) is 32.2 Å². The van der Waals surface area contributed by atoms with Crippen LogP contribution >= 0.6 is 0 Å². The largest absolute Gasteiger partial charge is 0.489 e. The zero-order valence-electron chi connectivity index (χ0n) is 24.8. The van der Waals surface area contributed by atoms with Gasteiger partial charge in [-0.2, -0.15) is 0 Å². The lowest BCUT2D eigenvalue weighted by molar-refractivity contribution is -0.141. The first-order chi connectivity index (χ1) is 20.6. The van der Waals surface area contributed by atoms with Crippen molar-refractivity contribution in [3.63, 3.8) is 0 Å². The highest BCUT2D eigenvalue weighted by Crippen LogP contribution is 2.49. The van der Waals surface area contributed by atoms with Gasteiger partial charge in [-0.1, -0.05) is 78.9 Å². The number of anilines is 1. The molecule has 42 heavy (non-hydrogen) atoms. The number of ether oxygens (including phenoxy) is 4. The van der Waals surface area contributed by atoms with Gasteiger partial charge in [-0.25, -0.2) is 0 Å². The van der Waals surface area contributed by atoms with Crippen LogP contribution in [0, 0.1) is 5.92 Å². The molecule has 0 aromatic heterocycles. The van der Waals surface area contributed by atoms with Gasteiger partial charge in [-0.05, 0) is 71.8 Å². The van der Waals surface area contributed by atoms with Crippen molar-refractivity contribution in [1.82, 2.24) is 0 Å². The number of rotatable bonds is 9. The van der Waals surface area contributed by atoms with Gasteiger partial charge in [0.05, 0.1) is 12.2 Å². The molecule has 4 aromatic carbocycles. The molecule has 4 aromatic rings. The van der Waals surface area contributed by atoms with Crippen LogP contribution in [0.4, 0.5) is 5.69 Å². The number of hydrogen-bond acceptors (Lipinski definition) is 5. The average Bonchev–Trinajstić information content (AvgIpc) is 3.06. The Labute approximate surface area is 250 Å². The number of fused-ring (bicyclic) bond motifs is 1. The monoisotopic (exact) mass is 563 g/mol. The molecule has 0 aliphatic carbocycles. The quantitative estimate of drug-likeness (QED) is 0.193. The Bertz CT molecular complexity index is 1410. The minimum absolute atomic E-state index is 0.0506. The van der Waals surface area contributed by atoms with Gasteiger partial charge in [0.25, 0.3) is 0 Å². The molecule has 6 rings (SSSR count). The Balaban J connectivity index is 1.26. The molecule has 0 bridgehead atoms. The Morgan fingerprint density at radius 1 is 0.762 bits per heavy atom. The third-order valence-electron chi connectivity index (χ3n) is 8.87. The standard InChI is InChI=1S/C37H41NO4/c1-26-34-24-32(41-25-27-10-6-4-7-11-27)18-19-33(34)35(36(42-26)29-12-8-5-9-13-29)28-14-16-31(17-15-28)38-22-20-30(21-23-38)37(39-2)40-3/h4-19,24,26,30,35-37H,20-23,25H2,1-3H3. The summed E-state index contributed by atoms with van der Waals surface area (Å²) >= 11 is 0. The molecule has 1 saturated heterocycles. The van der Waals surface area contributed by atoms with E-state index in [1.807, 2.05) is 18.2 Å². The second-order valence-corrected chi connectivity index (χ2v) is 11.4. The summed E-state index contributed by atoms with van der Waals surface area (Å²) in [5, 5.41) is 0. The fraction of sp³-hybridized carbons (Fsp3) is 0.351. The highest BCUT2D eigenvalue weighted by atomic mass is 16.7. The van der Waals surface area contributed by atoms with Crippen molar-refractivity contribution in [3.05, 3.63) is 131 Å². The first-order valence-electron chi connectivity index (χ1n) is 15.1. The van der Waals surface area contributed by atoms with Crippen molar-refractivity contribution >= 4 is 5.69 Å². The van der Waals surface area contributed by atoms with Gasteiger partial charge in [-0.3, -0.25) is 0 Å². The first kappa shape index (κ1) is 28.5. The number of hydrogen-bond donors (Lipinski definition) is 0. The second-order valence-electron chi connectivity index (χ2n) is 11.4. The molecule has 0 saturated carbocycles. The molecular formula is C37H41NO4. The second kappa shape index (κ2) is 13.1. The Morgan fingerprint density at radius 3 is 2.10 bits per heavy atom. The molecule has 2 heterocycles. The topological polar surface area (TPSA) is 40.2 Å². The molecule has 0 amide bonds.